The molecule has 39 heavy (non-hydrogen) atoms. The van der Waals surface area contributed by atoms with Crippen LogP contribution in [-0.4, -0.2) is 54.4 Å². The van der Waals surface area contributed by atoms with Crippen LogP contribution in [0.4, 0.5) is 26.3 Å². The van der Waals surface area contributed by atoms with Crippen LogP contribution in [0.25, 0.3) is 0 Å². The summed E-state index contributed by atoms with van der Waals surface area (Å²) in [6, 6.07) is 10.2. The van der Waals surface area contributed by atoms with Gasteiger partial charge in [0.15, 0.2) is 0 Å². The van der Waals surface area contributed by atoms with E-state index in [0.717, 1.165) is 0 Å². The van der Waals surface area contributed by atoms with Gasteiger partial charge in [0.05, 0.1) is 54.7 Å². The van der Waals surface area contributed by atoms with Crippen LogP contribution in [0.1, 0.15) is 55.0 Å². The second kappa shape index (κ2) is 11.8. The summed E-state index contributed by atoms with van der Waals surface area (Å²) < 4.78 is 91.6. The van der Waals surface area contributed by atoms with E-state index in [9.17, 15) is 36.2 Å². The van der Waals surface area contributed by atoms with Crippen LogP contribution in [0.3, 0.4) is 0 Å². The first kappa shape index (κ1) is 30.9. The van der Waals surface area contributed by atoms with Gasteiger partial charge in [-0.15, -0.1) is 0 Å². The number of halogens is 6. The van der Waals surface area contributed by atoms with Crippen molar-refractivity contribution in [1.29, 1.82) is 0 Å². The Hall–Kier alpha value is -2.67. The number of carbonyl (C=O) groups is 1. The molecule has 3 atom stereocenters. The summed E-state index contributed by atoms with van der Waals surface area (Å²) in [7, 11) is 0. The standard InChI is InChI=1S/C27H32F6N2O4/c1-3-38-23(37)14-35-15-24(34,16-36)9-10-25(35,20-7-5-4-6-8-20)17-39-18(2)19-11-21(26(28,29)30)13-22(12-19)27(31,32)33/h4-8,11-13,18,36H,3,9-10,14-17,34H2,1-2H3/t18-,24-,25-/m1/s1. The second-order valence-corrected chi connectivity index (χ2v) is 9.87. The Morgan fingerprint density at radius 2 is 1.64 bits per heavy atom. The molecule has 0 bridgehead atoms. The van der Waals surface area contributed by atoms with E-state index in [2.05, 4.69) is 0 Å². The first-order chi connectivity index (χ1) is 18.1. The molecule has 0 spiro atoms. The number of esters is 1. The number of nitrogens with zero attached hydrogens (tertiary/aromatic N) is 1. The van der Waals surface area contributed by atoms with Gasteiger partial charge in [-0.1, -0.05) is 30.3 Å². The minimum Gasteiger partial charge on any atom is -0.465 e. The maximum atomic E-state index is 13.4. The Balaban J connectivity index is 2.01. The number of aliphatic hydroxyl groups is 1. The molecule has 2 aromatic carbocycles. The number of nitrogens with two attached hydrogens (primary N) is 1. The topological polar surface area (TPSA) is 85.0 Å². The van der Waals surface area contributed by atoms with E-state index < -0.39 is 46.6 Å². The van der Waals surface area contributed by atoms with Crippen molar-refractivity contribution in [3.05, 3.63) is 70.8 Å². The highest BCUT2D eigenvalue weighted by Crippen LogP contribution is 2.42. The maximum Gasteiger partial charge on any atom is 0.416 e. The van der Waals surface area contributed by atoms with E-state index in [0.29, 0.717) is 24.1 Å². The summed E-state index contributed by atoms with van der Waals surface area (Å²) in [5, 5.41) is 9.91. The Kier molecular flexibility index (Phi) is 9.36. The molecule has 0 aromatic heterocycles. The number of piperidine rings is 1. The summed E-state index contributed by atoms with van der Waals surface area (Å²) in [4.78, 5) is 14.2. The van der Waals surface area contributed by atoms with Crippen LogP contribution in [0.5, 0.6) is 0 Å². The van der Waals surface area contributed by atoms with Gasteiger partial charge in [-0.05, 0) is 56.0 Å². The van der Waals surface area contributed by atoms with Crippen molar-refractivity contribution in [2.24, 2.45) is 5.73 Å². The number of likely N-dealkylation sites (tertiary alicyclic amines) is 1. The lowest BCUT2D eigenvalue weighted by Crippen LogP contribution is -2.65. The van der Waals surface area contributed by atoms with Crippen molar-refractivity contribution < 1.29 is 45.7 Å². The van der Waals surface area contributed by atoms with Crippen LogP contribution < -0.4 is 5.73 Å². The molecule has 0 radical (unpaired) electrons. The van der Waals surface area contributed by atoms with Crippen LogP contribution in [0, 0.1) is 0 Å². The molecule has 216 valence electrons. The highest BCUT2D eigenvalue weighted by molar-refractivity contribution is 5.72. The monoisotopic (exact) mass is 562 g/mol. The number of hydrogen-bond acceptors (Lipinski definition) is 6. The second-order valence-electron chi connectivity index (χ2n) is 9.87. The first-order valence-corrected chi connectivity index (χ1v) is 12.4. The normalized spacial score (nSPS) is 23.4. The largest absolute Gasteiger partial charge is 0.465 e. The predicted molar refractivity (Wildman–Crippen MR) is 130 cm³/mol. The molecular weight excluding hydrogens is 530 g/mol. The zero-order valence-electron chi connectivity index (χ0n) is 21.6. The smallest absolute Gasteiger partial charge is 0.416 e. The van der Waals surface area contributed by atoms with Gasteiger partial charge >= 0.3 is 18.3 Å². The number of ether oxygens (including phenoxy) is 2. The lowest BCUT2D eigenvalue weighted by atomic mass is 9.75. The zero-order chi connectivity index (χ0) is 29.1. The molecule has 0 amide bonds. The molecule has 0 saturated carbocycles. The average Bonchev–Trinajstić information content (AvgIpc) is 2.87. The molecule has 1 aliphatic rings. The quantitative estimate of drug-likeness (QED) is 0.329. The average molecular weight is 563 g/mol. The molecule has 2 aromatic rings. The van der Waals surface area contributed by atoms with E-state index >= 15 is 0 Å². The van der Waals surface area contributed by atoms with Crippen molar-refractivity contribution in [2.75, 3.05) is 32.9 Å². The number of rotatable bonds is 9. The molecular formula is C27H32F6N2O4. The minimum atomic E-state index is -4.99. The van der Waals surface area contributed by atoms with E-state index in [4.69, 9.17) is 15.2 Å². The molecule has 3 N–H and O–H groups in total. The van der Waals surface area contributed by atoms with Crippen LogP contribution >= 0.6 is 0 Å². The number of hydrogen-bond donors (Lipinski definition) is 2. The van der Waals surface area contributed by atoms with Crippen molar-refractivity contribution in [3.63, 3.8) is 0 Å². The van der Waals surface area contributed by atoms with Crippen LogP contribution in [-0.2, 0) is 32.2 Å². The van der Waals surface area contributed by atoms with Crippen LogP contribution in [0.2, 0.25) is 0 Å². The Labute approximate surface area is 222 Å². The molecule has 1 heterocycles. The lowest BCUT2D eigenvalue weighted by Gasteiger charge is -2.52. The summed E-state index contributed by atoms with van der Waals surface area (Å²) in [5.74, 6) is -0.555. The van der Waals surface area contributed by atoms with Gasteiger partial charge in [-0.2, -0.15) is 26.3 Å². The fraction of sp³-hybridized carbons (Fsp3) is 0.519. The summed E-state index contributed by atoms with van der Waals surface area (Å²) in [5.41, 5.74) is 1.84. The number of aliphatic hydroxyl groups excluding tert-OH is 1. The third-order valence-electron chi connectivity index (χ3n) is 7.05. The van der Waals surface area contributed by atoms with Gasteiger partial charge in [0.1, 0.15) is 0 Å². The van der Waals surface area contributed by atoms with E-state index in [-0.39, 0.29) is 51.0 Å². The fourth-order valence-corrected chi connectivity index (χ4v) is 4.82. The van der Waals surface area contributed by atoms with Gasteiger partial charge < -0.3 is 20.3 Å². The third-order valence-corrected chi connectivity index (χ3v) is 7.05. The van der Waals surface area contributed by atoms with Gasteiger partial charge in [0.2, 0.25) is 0 Å². The van der Waals surface area contributed by atoms with Gasteiger partial charge in [0, 0.05) is 6.54 Å². The van der Waals surface area contributed by atoms with Crippen molar-refractivity contribution in [2.45, 2.75) is 56.2 Å². The lowest BCUT2D eigenvalue weighted by molar-refractivity contribution is -0.151. The van der Waals surface area contributed by atoms with Crippen molar-refractivity contribution in [3.8, 4) is 0 Å². The predicted octanol–water partition coefficient (Wildman–Crippen LogP) is 5.05. The zero-order valence-corrected chi connectivity index (χ0v) is 21.6. The summed E-state index contributed by atoms with van der Waals surface area (Å²) in [6.07, 6.45) is -10.5. The molecule has 6 nitrogen and oxygen atoms in total. The molecule has 1 fully saturated rings. The van der Waals surface area contributed by atoms with Gasteiger partial charge in [-0.25, -0.2) is 0 Å². The number of carbonyl (C=O) groups excluding carboxylic acids is 1. The highest BCUT2D eigenvalue weighted by Gasteiger charge is 2.48. The summed E-state index contributed by atoms with van der Waals surface area (Å²) in [6.45, 7) is 2.44. The Morgan fingerprint density at radius 1 is 1.05 bits per heavy atom. The van der Waals surface area contributed by atoms with Crippen molar-refractivity contribution in [1.82, 2.24) is 4.90 Å². The van der Waals surface area contributed by atoms with Gasteiger partial charge in [-0.3, -0.25) is 9.69 Å². The van der Waals surface area contributed by atoms with E-state index in [1.807, 2.05) is 0 Å². The summed E-state index contributed by atoms with van der Waals surface area (Å²) >= 11 is 0. The molecule has 1 aliphatic heterocycles. The SMILES string of the molecule is CCOC(=O)CN1C[C@@](N)(CO)CC[C@@]1(CO[C@H](C)c1cc(C(F)(F)F)cc(C(F)(F)F)c1)c1ccccc1. The Bertz CT molecular complexity index is 1100. The van der Waals surface area contributed by atoms with Gasteiger partial charge in [0.25, 0.3) is 0 Å². The molecule has 1 saturated heterocycles. The van der Waals surface area contributed by atoms with Crippen molar-refractivity contribution >= 4 is 5.97 Å². The highest BCUT2D eigenvalue weighted by atomic mass is 19.4. The first-order valence-electron chi connectivity index (χ1n) is 12.4. The Morgan fingerprint density at radius 3 is 2.15 bits per heavy atom. The minimum absolute atomic E-state index is 0.0662. The fourth-order valence-electron chi connectivity index (χ4n) is 4.82. The van der Waals surface area contributed by atoms with E-state index in [1.165, 1.54) is 6.92 Å². The third kappa shape index (κ3) is 7.30. The molecule has 0 aliphatic carbocycles. The number of benzene rings is 2. The molecule has 12 heteroatoms. The van der Waals surface area contributed by atoms with E-state index in [1.54, 1.807) is 42.2 Å². The van der Waals surface area contributed by atoms with Crippen LogP contribution in [0.15, 0.2) is 48.5 Å². The molecule has 0 unspecified atom stereocenters. The number of alkyl halides is 6. The molecule has 3 rings (SSSR count). The maximum absolute atomic E-state index is 13.4.